The standard InChI is InChI=1S/C29H38F2N8/c1-18-15-39(16-19(2)34-18)28-26-23(20-4-5-20)13-32-14-24(26)36-27(37-28)21-6-9-33-25(12-21)35-22-7-10-38(11-8-22)17-29(3,30)31/h6,9,12-14,18-20,22,34H,4-5,7-8,10-11,15-17H2,1-3H3,(H,33,35)/t18-,19?/m1/s1. The highest BCUT2D eigenvalue weighted by atomic mass is 19.3. The molecule has 5 heterocycles. The van der Waals surface area contributed by atoms with E-state index in [1.807, 2.05) is 29.4 Å². The van der Waals surface area contributed by atoms with Crippen LogP contribution in [-0.2, 0) is 0 Å². The van der Waals surface area contributed by atoms with Gasteiger partial charge in [-0.05, 0) is 63.1 Å². The number of hydrogen-bond donors (Lipinski definition) is 2. The molecule has 1 saturated carbocycles. The van der Waals surface area contributed by atoms with Gasteiger partial charge in [-0.2, -0.15) is 0 Å². The summed E-state index contributed by atoms with van der Waals surface area (Å²) in [5.41, 5.74) is 3.04. The molecule has 0 bridgehead atoms. The molecule has 2 saturated heterocycles. The number of piperazine rings is 1. The lowest BCUT2D eigenvalue weighted by Crippen LogP contribution is -2.54. The van der Waals surface area contributed by atoms with E-state index in [2.05, 4.69) is 39.3 Å². The molecule has 0 aromatic carbocycles. The van der Waals surface area contributed by atoms with Crippen molar-refractivity contribution in [1.29, 1.82) is 0 Å². The van der Waals surface area contributed by atoms with Crippen molar-refractivity contribution in [1.82, 2.24) is 30.2 Å². The molecule has 2 aliphatic heterocycles. The van der Waals surface area contributed by atoms with Gasteiger partial charge in [0.15, 0.2) is 5.82 Å². The first-order chi connectivity index (χ1) is 18.7. The predicted octanol–water partition coefficient (Wildman–Crippen LogP) is 4.68. The van der Waals surface area contributed by atoms with Crippen LogP contribution in [0.2, 0.25) is 0 Å². The molecule has 8 nitrogen and oxygen atoms in total. The van der Waals surface area contributed by atoms with Gasteiger partial charge in [0.1, 0.15) is 11.6 Å². The number of likely N-dealkylation sites (tertiary alicyclic amines) is 1. The average molecular weight is 537 g/mol. The molecule has 1 aliphatic carbocycles. The predicted molar refractivity (Wildman–Crippen MR) is 151 cm³/mol. The molecule has 3 aromatic rings. The van der Waals surface area contributed by atoms with Crippen LogP contribution in [0.25, 0.3) is 22.3 Å². The van der Waals surface area contributed by atoms with Gasteiger partial charge in [-0.25, -0.2) is 23.7 Å². The average Bonchev–Trinajstić information content (AvgIpc) is 3.73. The van der Waals surface area contributed by atoms with Gasteiger partial charge in [-0.15, -0.1) is 0 Å². The van der Waals surface area contributed by atoms with Crippen LogP contribution in [0, 0.1) is 0 Å². The van der Waals surface area contributed by atoms with Crippen LogP contribution in [0.3, 0.4) is 0 Å². The van der Waals surface area contributed by atoms with E-state index in [0.717, 1.165) is 61.0 Å². The molecular weight excluding hydrogens is 498 g/mol. The maximum atomic E-state index is 13.4. The quantitative estimate of drug-likeness (QED) is 0.451. The van der Waals surface area contributed by atoms with Crippen molar-refractivity contribution >= 4 is 22.5 Å². The molecule has 208 valence electrons. The Hall–Kier alpha value is -2.98. The molecule has 2 N–H and O–H groups in total. The number of hydrogen-bond acceptors (Lipinski definition) is 8. The number of halogens is 2. The largest absolute Gasteiger partial charge is 0.367 e. The smallest absolute Gasteiger partial charge is 0.257 e. The van der Waals surface area contributed by atoms with Gasteiger partial charge in [0, 0.05) is 74.6 Å². The first kappa shape index (κ1) is 26.3. The van der Waals surface area contributed by atoms with E-state index in [1.165, 1.54) is 18.4 Å². The summed E-state index contributed by atoms with van der Waals surface area (Å²) in [4.78, 5) is 23.5. The third kappa shape index (κ3) is 6.11. The lowest BCUT2D eigenvalue weighted by atomic mass is 10.0. The molecule has 0 amide bonds. The fourth-order valence-electron chi connectivity index (χ4n) is 6.14. The number of alkyl halides is 2. The van der Waals surface area contributed by atoms with E-state index in [-0.39, 0.29) is 12.6 Å². The second-order valence-corrected chi connectivity index (χ2v) is 11.8. The van der Waals surface area contributed by atoms with Gasteiger partial charge in [0.2, 0.25) is 0 Å². The summed E-state index contributed by atoms with van der Waals surface area (Å²) in [7, 11) is 0. The number of aromatic nitrogens is 4. The van der Waals surface area contributed by atoms with Crippen LogP contribution in [-0.4, -0.2) is 81.6 Å². The first-order valence-electron chi connectivity index (χ1n) is 14.2. The fraction of sp³-hybridized carbons (Fsp3) is 0.586. The van der Waals surface area contributed by atoms with E-state index < -0.39 is 5.92 Å². The van der Waals surface area contributed by atoms with E-state index in [1.54, 1.807) is 6.20 Å². The number of piperidine rings is 1. The van der Waals surface area contributed by atoms with Crippen LogP contribution in [0.1, 0.15) is 57.9 Å². The van der Waals surface area contributed by atoms with Gasteiger partial charge >= 0.3 is 0 Å². The minimum absolute atomic E-state index is 0.183. The molecule has 0 radical (unpaired) electrons. The Balaban J connectivity index is 1.28. The lowest BCUT2D eigenvalue weighted by molar-refractivity contribution is -0.0193. The number of nitrogens with zero attached hydrogens (tertiary/aromatic N) is 6. The molecule has 39 heavy (non-hydrogen) atoms. The minimum Gasteiger partial charge on any atom is -0.367 e. The zero-order chi connectivity index (χ0) is 27.1. The summed E-state index contributed by atoms with van der Waals surface area (Å²) in [6, 6.07) is 4.86. The van der Waals surface area contributed by atoms with Crippen LogP contribution in [0.5, 0.6) is 0 Å². The zero-order valence-electron chi connectivity index (χ0n) is 23.0. The van der Waals surface area contributed by atoms with Crippen LogP contribution < -0.4 is 15.5 Å². The van der Waals surface area contributed by atoms with Gasteiger partial charge in [0.05, 0.1) is 18.3 Å². The van der Waals surface area contributed by atoms with Gasteiger partial charge in [-0.1, -0.05) is 0 Å². The summed E-state index contributed by atoms with van der Waals surface area (Å²) in [5.74, 6) is 0.289. The number of pyridine rings is 2. The highest BCUT2D eigenvalue weighted by Gasteiger charge is 2.31. The molecule has 2 atom stereocenters. The minimum atomic E-state index is -2.66. The molecule has 0 spiro atoms. The Morgan fingerprint density at radius 2 is 1.79 bits per heavy atom. The molecular formula is C29H38F2N8. The van der Waals surface area contributed by atoms with Crippen molar-refractivity contribution < 1.29 is 8.78 Å². The molecule has 6 rings (SSSR count). The van der Waals surface area contributed by atoms with E-state index in [0.29, 0.717) is 36.9 Å². The van der Waals surface area contributed by atoms with Crippen LogP contribution >= 0.6 is 0 Å². The van der Waals surface area contributed by atoms with Crippen molar-refractivity contribution in [3.8, 4) is 11.4 Å². The number of rotatable bonds is 7. The third-order valence-electron chi connectivity index (χ3n) is 7.95. The summed E-state index contributed by atoms with van der Waals surface area (Å²) in [6.07, 6.45) is 9.62. The molecule has 3 aliphatic rings. The normalized spacial score (nSPS) is 23.4. The second-order valence-electron chi connectivity index (χ2n) is 11.8. The molecule has 1 unspecified atom stereocenters. The number of anilines is 2. The maximum Gasteiger partial charge on any atom is 0.257 e. The molecule has 10 heteroatoms. The van der Waals surface area contributed by atoms with Crippen LogP contribution in [0.15, 0.2) is 30.7 Å². The highest BCUT2D eigenvalue weighted by molar-refractivity contribution is 5.94. The topological polar surface area (TPSA) is 82.1 Å². The monoisotopic (exact) mass is 536 g/mol. The van der Waals surface area contributed by atoms with E-state index in [4.69, 9.17) is 9.97 Å². The number of fused-ring (bicyclic) bond motifs is 1. The second kappa shape index (κ2) is 10.5. The summed E-state index contributed by atoms with van der Waals surface area (Å²) < 4.78 is 26.8. The van der Waals surface area contributed by atoms with Crippen molar-refractivity contribution in [3.05, 3.63) is 36.3 Å². The van der Waals surface area contributed by atoms with Gasteiger partial charge in [-0.3, -0.25) is 9.88 Å². The highest BCUT2D eigenvalue weighted by Crippen LogP contribution is 2.45. The Kier molecular flexibility index (Phi) is 7.09. The van der Waals surface area contributed by atoms with Crippen molar-refractivity contribution in [2.75, 3.05) is 42.9 Å². The molecule has 3 aromatic heterocycles. The maximum absolute atomic E-state index is 13.4. The Bertz CT molecular complexity index is 1310. The summed E-state index contributed by atoms with van der Waals surface area (Å²) in [6.45, 7) is 8.30. The molecule has 3 fully saturated rings. The third-order valence-corrected chi connectivity index (χ3v) is 7.95. The van der Waals surface area contributed by atoms with Crippen molar-refractivity contribution in [2.45, 2.75) is 76.4 Å². The van der Waals surface area contributed by atoms with Gasteiger partial charge < -0.3 is 15.5 Å². The van der Waals surface area contributed by atoms with Gasteiger partial charge in [0.25, 0.3) is 5.92 Å². The van der Waals surface area contributed by atoms with Crippen molar-refractivity contribution in [2.24, 2.45) is 0 Å². The number of nitrogens with one attached hydrogen (secondary N) is 2. The van der Waals surface area contributed by atoms with E-state index >= 15 is 0 Å². The first-order valence-corrected chi connectivity index (χ1v) is 14.2. The summed E-state index contributed by atoms with van der Waals surface area (Å²) in [5, 5.41) is 8.28. The van der Waals surface area contributed by atoms with Crippen LogP contribution in [0.4, 0.5) is 20.4 Å². The zero-order valence-corrected chi connectivity index (χ0v) is 23.0. The van der Waals surface area contributed by atoms with Crippen molar-refractivity contribution in [3.63, 3.8) is 0 Å². The lowest BCUT2D eigenvalue weighted by Gasteiger charge is -2.37. The Morgan fingerprint density at radius 1 is 1.05 bits per heavy atom. The Labute approximate surface area is 228 Å². The Morgan fingerprint density at radius 3 is 2.49 bits per heavy atom. The fourth-order valence-corrected chi connectivity index (χ4v) is 6.14. The van der Waals surface area contributed by atoms with E-state index in [9.17, 15) is 8.78 Å². The SMILES string of the molecule is CC1CN(c2nc(-c3ccnc(NC4CCN(CC(C)(F)F)CC4)c3)nc3cncc(C4CC4)c23)C[C@@H](C)N1. The summed E-state index contributed by atoms with van der Waals surface area (Å²) >= 11 is 0.